The fraction of sp³-hybridized carbons (Fsp3) is 0.320. The average molecular weight is 538 g/mol. The van der Waals surface area contributed by atoms with Gasteiger partial charge in [0.1, 0.15) is 12.4 Å². The van der Waals surface area contributed by atoms with Crippen LogP contribution in [0.15, 0.2) is 42.5 Å². The van der Waals surface area contributed by atoms with Crippen molar-refractivity contribution >= 4 is 46.6 Å². The van der Waals surface area contributed by atoms with Crippen molar-refractivity contribution in [1.29, 1.82) is 0 Å². The Labute approximate surface area is 218 Å². The van der Waals surface area contributed by atoms with Gasteiger partial charge in [0.2, 0.25) is 5.91 Å². The topological polar surface area (TPSA) is 79.3 Å². The van der Waals surface area contributed by atoms with Gasteiger partial charge < -0.3 is 15.5 Å². The molecule has 0 fully saturated rings. The summed E-state index contributed by atoms with van der Waals surface area (Å²) in [7, 11) is 0. The van der Waals surface area contributed by atoms with Gasteiger partial charge in [-0.1, -0.05) is 44.0 Å². The Hall–Kier alpha value is -3.17. The summed E-state index contributed by atoms with van der Waals surface area (Å²) in [6.07, 6.45) is 0. The molecule has 2 N–H and O–H groups in total. The van der Waals surface area contributed by atoms with E-state index in [4.69, 9.17) is 23.2 Å². The maximum atomic E-state index is 13.5. The first-order valence-corrected chi connectivity index (χ1v) is 11.9. The van der Waals surface area contributed by atoms with Crippen molar-refractivity contribution in [2.45, 2.75) is 46.1 Å². The highest BCUT2D eigenvalue weighted by atomic mass is 35.5. The molecule has 11 heteroatoms. The van der Waals surface area contributed by atoms with Gasteiger partial charge in [-0.05, 0) is 44.2 Å². The van der Waals surface area contributed by atoms with Gasteiger partial charge in [0, 0.05) is 29.3 Å². The predicted octanol–water partition coefficient (Wildman–Crippen LogP) is 6.64. The SMILES string of the molecule is CC(C)N(CC(=O)Nc1cc(C(C)(C)C)nn1-c1ccc(Cl)c(Cl)c1)C(=O)Nc1ccc(F)c(F)c1. The molecule has 0 aliphatic heterocycles. The molecule has 1 aromatic heterocycles. The maximum Gasteiger partial charge on any atom is 0.322 e. The number of rotatable bonds is 6. The van der Waals surface area contributed by atoms with E-state index in [1.54, 1.807) is 42.8 Å². The van der Waals surface area contributed by atoms with Gasteiger partial charge in [-0.25, -0.2) is 18.3 Å². The minimum Gasteiger partial charge on any atom is -0.313 e. The number of carbonyl (C=O) groups excluding carboxylic acids is 2. The standard InChI is InChI=1S/C25H27Cl2F2N5O2/c1-14(2)33(24(36)30-15-6-9-19(28)20(29)10-15)13-23(35)31-22-12-21(25(3,4)5)32-34(22)16-7-8-17(26)18(27)11-16/h6-12,14H,13H2,1-5H3,(H,30,36)(H,31,35). The highest BCUT2D eigenvalue weighted by Gasteiger charge is 2.24. The lowest BCUT2D eigenvalue weighted by Crippen LogP contribution is -2.44. The van der Waals surface area contributed by atoms with Crippen LogP contribution in [-0.4, -0.2) is 39.2 Å². The van der Waals surface area contributed by atoms with E-state index in [1.807, 2.05) is 20.8 Å². The van der Waals surface area contributed by atoms with Gasteiger partial charge in [0.25, 0.3) is 0 Å². The highest BCUT2D eigenvalue weighted by molar-refractivity contribution is 6.42. The van der Waals surface area contributed by atoms with E-state index in [1.165, 1.54) is 11.0 Å². The van der Waals surface area contributed by atoms with Crippen molar-refractivity contribution in [2.24, 2.45) is 0 Å². The van der Waals surface area contributed by atoms with Crippen LogP contribution in [0.1, 0.15) is 40.3 Å². The number of carbonyl (C=O) groups is 2. The summed E-state index contributed by atoms with van der Waals surface area (Å²) < 4.78 is 28.3. The van der Waals surface area contributed by atoms with Crippen molar-refractivity contribution in [1.82, 2.24) is 14.7 Å². The molecule has 0 aliphatic carbocycles. The number of benzene rings is 2. The van der Waals surface area contributed by atoms with Crippen molar-refractivity contribution in [3.63, 3.8) is 0 Å². The molecule has 192 valence electrons. The van der Waals surface area contributed by atoms with Crippen LogP contribution in [-0.2, 0) is 10.2 Å². The first-order valence-electron chi connectivity index (χ1n) is 11.1. The molecule has 0 unspecified atom stereocenters. The Morgan fingerprint density at radius 3 is 2.28 bits per heavy atom. The van der Waals surface area contributed by atoms with E-state index in [0.717, 1.165) is 17.8 Å². The smallest absolute Gasteiger partial charge is 0.313 e. The molecule has 3 rings (SSSR count). The predicted molar refractivity (Wildman–Crippen MR) is 138 cm³/mol. The molecule has 0 bridgehead atoms. The Bertz CT molecular complexity index is 1290. The molecule has 0 radical (unpaired) electrons. The van der Waals surface area contributed by atoms with Gasteiger partial charge in [0.05, 0.1) is 21.4 Å². The second-order valence-electron chi connectivity index (χ2n) is 9.50. The molecule has 3 aromatic rings. The molecule has 0 atom stereocenters. The van der Waals surface area contributed by atoms with E-state index in [0.29, 0.717) is 21.6 Å². The zero-order valence-corrected chi connectivity index (χ0v) is 22.0. The number of nitrogens with zero attached hydrogens (tertiary/aromatic N) is 3. The minimum atomic E-state index is -1.09. The Kier molecular flexibility index (Phi) is 8.26. The van der Waals surface area contributed by atoms with Crippen LogP contribution < -0.4 is 10.6 Å². The molecule has 1 heterocycles. The van der Waals surface area contributed by atoms with Crippen LogP contribution in [0, 0.1) is 11.6 Å². The second-order valence-corrected chi connectivity index (χ2v) is 10.3. The zero-order valence-electron chi connectivity index (χ0n) is 20.5. The van der Waals surface area contributed by atoms with E-state index >= 15 is 0 Å². The maximum absolute atomic E-state index is 13.5. The molecule has 0 saturated heterocycles. The quantitative estimate of drug-likeness (QED) is 0.370. The first-order chi connectivity index (χ1) is 16.8. The monoisotopic (exact) mass is 537 g/mol. The lowest BCUT2D eigenvalue weighted by atomic mass is 9.92. The van der Waals surface area contributed by atoms with E-state index in [-0.39, 0.29) is 23.7 Å². The van der Waals surface area contributed by atoms with Crippen molar-refractivity contribution in [3.8, 4) is 5.69 Å². The van der Waals surface area contributed by atoms with Crippen LogP contribution in [0.4, 0.5) is 25.1 Å². The van der Waals surface area contributed by atoms with Crippen LogP contribution in [0.25, 0.3) is 5.69 Å². The fourth-order valence-electron chi connectivity index (χ4n) is 3.25. The molecular weight excluding hydrogens is 511 g/mol. The molecular formula is C25H27Cl2F2N5O2. The number of hydrogen-bond donors (Lipinski definition) is 2. The Morgan fingerprint density at radius 2 is 1.69 bits per heavy atom. The summed E-state index contributed by atoms with van der Waals surface area (Å²) in [6, 6.07) is 8.75. The van der Waals surface area contributed by atoms with Gasteiger partial charge >= 0.3 is 6.03 Å². The number of urea groups is 1. The normalized spacial score (nSPS) is 11.5. The van der Waals surface area contributed by atoms with Crippen molar-refractivity contribution < 1.29 is 18.4 Å². The van der Waals surface area contributed by atoms with E-state index < -0.39 is 23.6 Å². The molecule has 2 aromatic carbocycles. The van der Waals surface area contributed by atoms with Crippen molar-refractivity contribution in [3.05, 3.63) is 69.8 Å². The summed E-state index contributed by atoms with van der Waals surface area (Å²) in [5.74, 6) is -2.22. The number of hydrogen-bond acceptors (Lipinski definition) is 3. The largest absolute Gasteiger partial charge is 0.322 e. The molecule has 0 aliphatic rings. The van der Waals surface area contributed by atoms with Crippen LogP contribution >= 0.6 is 23.2 Å². The van der Waals surface area contributed by atoms with E-state index in [9.17, 15) is 18.4 Å². The van der Waals surface area contributed by atoms with Gasteiger partial charge in [0.15, 0.2) is 11.6 Å². The first kappa shape index (κ1) is 27.4. The van der Waals surface area contributed by atoms with E-state index in [2.05, 4.69) is 15.7 Å². The number of aromatic nitrogens is 2. The molecule has 0 spiro atoms. The third-order valence-electron chi connectivity index (χ3n) is 5.26. The highest BCUT2D eigenvalue weighted by Crippen LogP contribution is 2.29. The summed E-state index contributed by atoms with van der Waals surface area (Å²) in [5.41, 5.74) is 1.07. The molecule has 36 heavy (non-hydrogen) atoms. The number of amides is 3. The molecule has 0 saturated carbocycles. The average Bonchev–Trinajstić information content (AvgIpc) is 3.20. The van der Waals surface area contributed by atoms with Gasteiger partial charge in [-0.15, -0.1) is 0 Å². The lowest BCUT2D eigenvalue weighted by molar-refractivity contribution is -0.117. The Balaban J connectivity index is 1.83. The fourth-order valence-corrected chi connectivity index (χ4v) is 3.54. The third kappa shape index (κ3) is 6.53. The third-order valence-corrected chi connectivity index (χ3v) is 6.00. The summed E-state index contributed by atoms with van der Waals surface area (Å²) >= 11 is 12.2. The lowest BCUT2D eigenvalue weighted by Gasteiger charge is -2.26. The summed E-state index contributed by atoms with van der Waals surface area (Å²) in [6.45, 7) is 9.13. The Morgan fingerprint density at radius 1 is 1.00 bits per heavy atom. The van der Waals surface area contributed by atoms with Crippen molar-refractivity contribution in [2.75, 3.05) is 17.2 Å². The minimum absolute atomic E-state index is 0.0671. The van der Waals surface area contributed by atoms with Gasteiger partial charge in [-0.2, -0.15) is 5.10 Å². The second kappa shape index (κ2) is 10.8. The van der Waals surface area contributed by atoms with Crippen LogP contribution in [0.3, 0.4) is 0 Å². The molecule has 7 nitrogen and oxygen atoms in total. The van der Waals surface area contributed by atoms with Gasteiger partial charge in [-0.3, -0.25) is 4.79 Å². The molecule has 3 amide bonds. The number of halogens is 4. The number of nitrogens with one attached hydrogen (secondary N) is 2. The summed E-state index contributed by atoms with van der Waals surface area (Å²) in [5, 5.41) is 10.7. The number of anilines is 2. The summed E-state index contributed by atoms with van der Waals surface area (Å²) in [4.78, 5) is 27.1. The zero-order chi connectivity index (χ0) is 26.8. The van der Waals surface area contributed by atoms with Crippen LogP contribution in [0.5, 0.6) is 0 Å². The van der Waals surface area contributed by atoms with Crippen LogP contribution in [0.2, 0.25) is 10.0 Å².